The van der Waals surface area contributed by atoms with Gasteiger partial charge in [0.2, 0.25) is 0 Å². The minimum Gasteiger partial charge on any atom is -0.479 e. The van der Waals surface area contributed by atoms with Crippen LogP contribution in [0, 0.1) is 11.8 Å². The second-order valence-electron chi connectivity index (χ2n) is 9.06. The van der Waals surface area contributed by atoms with Crippen LogP contribution in [0.15, 0.2) is 103 Å². The average molecular weight is 467 g/mol. The molecular weight excluding hydrogens is 440 g/mol. The van der Waals surface area contributed by atoms with E-state index < -0.39 is 24.0 Å². The summed E-state index contributed by atoms with van der Waals surface area (Å²) in [4.78, 5) is 24.8. The van der Waals surface area contributed by atoms with E-state index >= 15 is 0 Å². The van der Waals surface area contributed by atoms with Crippen LogP contribution in [0.1, 0.15) is 33.3 Å². The molecule has 1 unspecified atom stereocenters. The predicted octanol–water partition coefficient (Wildman–Crippen LogP) is 5.26. The molecule has 4 aromatic carbocycles. The highest BCUT2D eigenvalue weighted by molar-refractivity contribution is 5.95. The van der Waals surface area contributed by atoms with E-state index in [2.05, 4.69) is 0 Å². The zero-order chi connectivity index (χ0) is 24.4. The third-order valence-corrected chi connectivity index (χ3v) is 7.13. The van der Waals surface area contributed by atoms with Crippen molar-refractivity contribution in [2.75, 3.05) is 6.61 Å². The van der Waals surface area contributed by atoms with E-state index in [1.54, 1.807) is 6.07 Å². The molecule has 0 heterocycles. The van der Waals surface area contributed by atoms with E-state index in [1.165, 1.54) is 0 Å². The zero-order valence-corrected chi connectivity index (χ0v) is 19.0. The molecule has 5 nitrogen and oxygen atoms in total. The van der Waals surface area contributed by atoms with Crippen LogP contribution in [-0.4, -0.2) is 34.9 Å². The molecule has 0 radical (unpaired) electrons. The van der Waals surface area contributed by atoms with Crippen molar-refractivity contribution >= 4 is 22.7 Å². The van der Waals surface area contributed by atoms with Crippen molar-refractivity contribution in [2.24, 2.45) is 11.8 Å². The molecule has 35 heavy (non-hydrogen) atoms. The molecule has 1 saturated carbocycles. The summed E-state index contributed by atoms with van der Waals surface area (Å²) in [5.41, 5.74) is 2.33. The van der Waals surface area contributed by atoms with Gasteiger partial charge in [-0.3, -0.25) is 0 Å². The summed E-state index contributed by atoms with van der Waals surface area (Å²) in [7, 11) is 0. The van der Waals surface area contributed by atoms with Gasteiger partial charge in [0, 0.05) is 11.8 Å². The summed E-state index contributed by atoms with van der Waals surface area (Å²) in [6.07, 6.45) is -1.53. The Morgan fingerprint density at radius 1 is 0.743 bits per heavy atom. The third kappa shape index (κ3) is 4.43. The van der Waals surface area contributed by atoms with Gasteiger partial charge in [-0.1, -0.05) is 91.0 Å². The number of hydrogen-bond donors (Lipinski definition) is 2. The Morgan fingerprint density at radius 2 is 1.29 bits per heavy atom. The first-order valence-corrected chi connectivity index (χ1v) is 11.7. The number of carboxylic acids is 1. The van der Waals surface area contributed by atoms with Crippen molar-refractivity contribution < 1.29 is 24.5 Å². The van der Waals surface area contributed by atoms with Gasteiger partial charge in [0.15, 0.2) is 6.10 Å². The first-order valence-electron chi connectivity index (χ1n) is 11.7. The maximum absolute atomic E-state index is 13.0. The van der Waals surface area contributed by atoms with E-state index in [4.69, 9.17) is 4.74 Å². The summed E-state index contributed by atoms with van der Waals surface area (Å²) >= 11 is 0. The van der Waals surface area contributed by atoms with Crippen molar-refractivity contribution in [2.45, 2.75) is 17.9 Å². The van der Waals surface area contributed by atoms with E-state index in [0.29, 0.717) is 5.56 Å². The Labute approximate surface area is 203 Å². The number of benzene rings is 4. The van der Waals surface area contributed by atoms with Crippen LogP contribution >= 0.6 is 0 Å². The largest absolute Gasteiger partial charge is 0.479 e. The highest BCUT2D eigenvalue weighted by Gasteiger charge is 2.56. The quantitative estimate of drug-likeness (QED) is 0.363. The van der Waals surface area contributed by atoms with E-state index in [1.807, 2.05) is 97.1 Å². The van der Waals surface area contributed by atoms with Crippen LogP contribution in [0.4, 0.5) is 0 Å². The summed E-state index contributed by atoms with van der Waals surface area (Å²) in [6, 6.07) is 32.4. The Morgan fingerprint density at radius 3 is 1.86 bits per heavy atom. The number of carboxylic acid groups (broad SMARTS) is 1. The van der Waals surface area contributed by atoms with Gasteiger partial charge in [-0.15, -0.1) is 0 Å². The Kier molecular flexibility index (Phi) is 6.34. The van der Waals surface area contributed by atoms with Crippen molar-refractivity contribution in [3.05, 3.63) is 120 Å². The molecule has 4 aromatic rings. The normalized spacial score (nSPS) is 22.2. The molecule has 0 amide bonds. The number of carbonyl (C=O) groups excluding carboxylic acids is 1. The molecule has 5 heteroatoms. The lowest BCUT2D eigenvalue weighted by Crippen LogP contribution is -2.53. The molecule has 1 aliphatic carbocycles. The monoisotopic (exact) mass is 466 g/mol. The second-order valence-corrected chi connectivity index (χ2v) is 9.06. The first-order chi connectivity index (χ1) is 17.0. The Hall–Kier alpha value is -3.96. The minimum absolute atomic E-state index is 0.119. The number of rotatable bonds is 7. The number of hydrogen-bond acceptors (Lipinski definition) is 4. The summed E-state index contributed by atoms with van der Waals surface area (Å²) in [6.45, 7) is 0.119. The van der Waals surface area contributed by atoms with Gasteiger partial charge in [0.05, 0.1) is 12.2 Å². The fourth-order valence-electron chi connectivity index (χ4n) is 5.50. The third-order valence-electron chi connectivity index (χ3n) is 7.13. The second kappa shape index (κ2) is 9.72. The summed E-state index contributed by atoms with van der Waals surface area (Å²) in [5.74, 6) is -2.92. The van der Waals surface area contributed by atoms with Crippen LogP contribution in [0.3, 0.4) is 0 Å². The highest BCUT2D eigenvalue weighted by Crippen LogP contribution is 2.58. The van der Waals surface area contributed by atoms with Gasteiger partial charge in [-0.2, -0.15) is 0 Å². The van der Waals surface area contributed by atoms with E-state index in [-0.39, 0.29) is 24.4 Å². The molecule has 0 aliphatic heterocycles. The Bertz CT molecular complexity index is 1290. The number of carbonyl (C=O) groups is 2. The summed E-state index contributed by atoms with van der Waals surface area (Å²) < 4.78 is 5.80. The molecule has 0 spiro atoms. The molecule has 0 saturated heterocycles. The number of aliphatic hydroxyl groups is 1. The number of ether oxygens (including phenoxy) is 1. The molecule has 0 bridgehead atoms. The predicted molar refractivity (Wildman–Crippen MR) is 133 cm³/mol. The van der Waals surface area contributed by atoms with Gasteiger partial charge >= 0.3 is 11.9 Å². The Balaban J connectivity index is 1.44. The smallest absolute Gasteiger partial charge is 0.338 e. The summed E-state index contributed by atoms with van der Waals surface area (Å²) in [5, 5.41) is 22.3. The fraction of sp³-hybridized carbons (Fsp3) is 0.200. The van der Waals surface area contributed by atoms with Gasteiger partial charge in [-0.25, -0.2) is 9.59 Å². The maximum Gasteiger partial charge on any atom is 0.338 e. The van der Waals surface area contributed by atoms with Crippen LogP contribution in [-0.2, 0) is 9.53 Å². The van der Waals surface area contributed by atoms with Crippen molar-refractivity contribution in [1.82, 2.24) is 0 Å². The van der Waals surface area contributed by atoms with E-state index in [9.17, 15) is 19.8 Å². The molecular formula is C30H26O5. The van der Waals surface area contributed by atoms with E-state index in [0.717, 1.165) is 21.9 Å². The molecule has 1 aliphatic rings. The molecule has 2 N–H and O–H groups in total. The van der Waals surface area contributed by atoms with Crippen molar-refractivity contribution in [3.63, 3.8) is 0 Å². The first kappa shape index (κ1) is 22.8. The highest BCUT2D eigenvalue weighted by atomic mass is 16.5. The van der Waals surface area contributed by atoms with Gasteiger partial charge in [0.1, 0.15) is 0 Å². The average Bonchev–Trinajstić information content (AvgIpc) is 2.88. The molecule has 176 valence electrons. The lowest BCUT2D eigenvalue weighted by atomic mass is 9.51. The lowest BCUT2D eigenvalue weighted by Gasteiger charge is -2.53. The number of esters is 1. The lowest BCUT2D eigenvalue weighted by molar-refractivity contribution is -0.156. The number of aliphatic carboxylic acids is 1. The molecule has 3 atom stereocenters. The zero-order valence-electron chi connectivity index (χ0n) is 19.0. The van der Waals surface area contributed by atoms with Crippen LogP contribution in [0.5, 0.6) is 0 Å². The van der Waals surface area contributed by atoms with Crippen molar-refractivity contribution in [1.29, 1.82) is 0 Å². The fourth-order valence-corrected chi connectivity index (χ4v) is 5.50. The van der Waals surface area contributed by atoms with Gasteiger partial charge < -0.3 is 14.9 Å². The molecule has 1 fully saturated rings. The number of fused-ring (bicyclic) bond motifs is 1. The van der Waals surface area contributed by atoms with Crippen molar-refractivity contribution in [3.8, 4) is 0 Å². The minimum atomic E-state index is -1.53. The van der Waals surface area contributed by atoms with Gasteiger partial charge in [0.25, 0.3) is 0 Å². The molecule has 5 rings (SSSR count). The number of aliphatic hydroxyl groups excluding tert-OH is 1. The van der Waals surface area contributed by atoms with Crippen LogP contribution in [0.2, 0.25) is 0 Å². The topological polar surface area (TPSA) is 83.8 Å². The standard InChI is InChI=1S/C30H26O5/c31-28(29(32)33)27-25(20-10-3-1-4-11-20)24(26(27)21-12-5-2-6-13-21)18-35-30(34)23-16-15-19-9-7-8-14-22(19)17-23/h1-17,24-28,31H,18H2,(H,32,33)/t24-,25-,26-,27+,28?/m1/s1. The van der Waals surface area contributed by atoms with Crippen LogP contribution < -0.4 is 0 Å². The van der Waals surface area contributed by atoms with Crippen LogP contribution in [0.25, 0.3) is 10.8 Å². The van der Waals surface area contributed by atoms with Gasteiger partial charge in [-0.05, 0) is 45.9 Å². The maximum atomic E-state index is 13.0. The SMILES string of the molecule is O=C(OC[C@H]1[C@@H](c2ccccc2)[C@@H](C(O)C(=O)O)[C@@H]1c1ccccc1)c1ccc2ccccc2c1. The molecule has 0 aromatic heterocycles.